The first-order valence-corrected chi connectivity index (χ1v) is 7.84. The average molecular weight is 249 g/mol. The van der Waals surface area contributed by atoms with Crippen molar-refractivity contribution >= 4 is 0 Å². The SMILES string of the molecule is C=CCCCCCC1CCCC(CCCC=C)N1. The summed E-state index contributed by atoms with van der Waals surface area (Å²) in [6.07, 6.45) is 18.7. The normalized spacial score (nSPS) is 23.8. The molecule has 1 heteroatoms. The lowest BCUT2D eigenvalue weighted by Crippen LogP contribution is -2.42. The number of hydrogen-bond donors (Lipinski definition) is 1. The Balaban J connectivity index is 2.06. The number of nitrogens with one attached hydrogen (secondary N) is 1. The molecule has 1 saturated heterocycles. The van der Waals surface area contributed by atoms with Crippen LogP contribution in [0.5, 0.6) is 0 Å². The van der Waals surface area contributed by atoms with E-state index in [1.807, 2.05) is 12.2 Å². The maximum Gasteiger partial charge on any atom is 0.00697 e. The third kappa shape index (κ3) is 7.00. The van der Waals surface area contributed by atoms with Crippen LogP contribution in [-0.2, 0) is 0 Å². The van der Waals surface area contributed by atoms with Crippen LogP contribution < -0.4 is 5.32 Å². The lowest BCUT2D eigenvalue weighted by molar-refractivity contribution is 0.288. The van der Waals surface area contributed by atoms with Crippen LogP contribution in [0.4, 0.5) is 0 Å². The summed E-state index contributed by atoms with van der Waals surface area (Å²) >= 11 is 0. The van der Waals surface area contributed by atoms with E-state index in [0.717, 1.165) is 12.1 Å². The Kier molecular flexibility index (Phi) is 8.93. The van der Waals surface area contributed by atoms with E-state index in [4.69, 9.17) is 0 Å². The maximum atomic E-state index is 3.85. The van der Waals surface area contributed by atoms with Crippen molar-refractivity contribution in [3.63, 3.8) is 0 Å². The van der Waals surface area contributed by atoms with Gasteiger partial charge in [0.05, 0.1) is 0 Å². The maximum absolute atomic E-state index is 3.85. The molecule has 1 heterocycles. The molecule has 0 aromatic carbocycles. The predicted octanol–water partition coefficient (Wildman–Crippen LogP) is 4.99. The summed E-state index contributed by atoms with van der Waals surface area (Å²) in [6.45, 7) is 7.57. The first-order chi connectivity index (χ1) is 8.86. The zero-order valence-corrected chi connectivity index (χ0v) is 12.0. The highest BCUT2D eigenvalue weighted by molar-refractivity contribution is 4.81. The van der Waals surface area contributed by atoms with Crippen LogP contribution in [0.15, 0.2) is 25.3 Å². The molecule has 2 atom stereocenters. The first kappa shape index (κ1) is 15.5. The molecule has 1 aliphatic rings. The third-order valence-electron chi connectivity index (χ3n) is 4.00. The van der Waals surface area contributed by atoms with Crippen LogP contribution in [0.25, 0.3) is 0 Å². The van der Waals surface area contributed by atoms with Gasteiger partial charge in [0.1, 0.15) is 0 Å². The molecule has 0 bridgehead atoms. The summed E-state index contributed by atoms with van der Waals surface area (Å²) in [5.41, 5.74) is 0. The lowest BCUT2D eigenvalue weighted by Gasteiger charge is -2.31. The Morgan fingerprint density at radius 1 is 0.833 bits per heavy atom. The molecule has 0 saturated carbocycles. The van der Waals surface area contributed by atoms with Gasteiger partial charge in [-0.15, -0.1) is 13.2 Å². The fourth-order valence-electron chi connectivity index (χ4n) is 2.93. The molecule has 1 nitrogen and oxygen atoms in total. The molecule has 0 radical (unpaired) electrons. The zero-order valence-electron chi connectivity index (χ0n) is 12.0. The van der Waals surface area contributed by atoms with Gasteiger partial charge in [-0.3, -0.25) is 0 Å². The van der Waals surface area contributed by atoms with Crippen LogP contribution in [-0.4, -0.2) is 12.1 Å². The van der Waals surface area contributed by atoms with Crippen molar-refractivity contribution in [1.82, 2.24) is 5.32 Å². The summed E-state index contributed by atoms with van der Waals surface area (Å²) in [7, 11) is 0. The molecule has 1 rings (SSSR count). The topological polar surface area (TPSA) is 12.0 Å². The van der Waals surface area contributed by atoms with E-state index < -0.39 is 0 Å². The second-order valence-electron chi connectivity index (χ2n) is 5.64. The Bertz CT molecular complexity index is 222. The summed E-state index contributed by atoms with van der Waals surface area (Å²) in [5, 5.41) is 3.85. The van der Waals surface area contributed by atoms with E-state index in [1.165, 1.54) is 70.6 Å². The van der Waals surface area contributed by atoms with Crippen molar-refractivity contribution in [3.8, 4) is 0 Å². The van der Waals surface area contributed by atoms with Gasteiger partial charge in [0, 0.05) is 12.1 Å². The number of piperidine rings is 1. The molecule has 1 N–H and O–H groups in total. The van der Waals surface area contributed by atoms with Gasteiger partial charge in [-0.25, -0.2) is 0 Å². The number of hydrogen-bond acceptors (Lipinski definition) is 1. The minimum atomic E-state index is 0.775. The molecule has 18 heavy (non-hydrogen) atoms. The Morgan fingerprint density at radius 2 is 1.44 bits per heavy atom. The van der Waals surface area contributed by atoms with Gasteiger partial charge in [-0.2, -0.15) is 0 Å². The quantitative estimate of drug-likeness (QED) is 0.425. The Morgan fingerprint density at radius 3 is 2.11 bits per heavy atom. The monoisotopic (exact) mass is 249 g/mol. The highest BCUT2D eigenvalue weighted by Gasteiger charge is 2.19. The fourth-order valence-corrected chi connectivity index (χ4v) is 2.93. The summed E-state index contributed by atoms with van der Waals surface area (Å²) in [5.74, 6) is 0. The Hall–Kier alpha value is -0.560. The molecule has 0 aromatic rings. The standard InChI is InChI=1S/C17H31N/c1-3-5-7-8-10-13-17-15-11-14-16(18-17)12-9-6-4-2/h3-4,16-18H,1-2,5-15H2. The molecule has 0 amide bonds. The van der Waals surface area contributed by atoms with E-state index in [-0.39, 0.29) is 0 Å². The molecular weight excluding hydrogens is 218 g/mol. The lowest BCUT2D eigenvalue weighted by atomic mass is 9.92. The molecule has 0 spiro atoms. The second-order valence-corrected chi connectivity index (χ2v) is 5.64. The molecule has 1 fully saturated rings. The molecule has 2 unspecified atom stereocenters. The van der Waals surface area contributed by atoms with Crippen molar-refractivity contribution in [2.24, 2.45) is 0 Å². The van der Waals surface area contributed by atoms with Gasteiger partial charge in [-0.05, 0) is 51.4 Å². The molecule has 0 aliphatic carbocycles. The van der Waals surface area contributed by atoms with Crippen LogP contribution in [0.3, 0.4) is 0 Å². The van der Waals surface area contributed by atoms with Gasteiger partial charge in [0.25, 0.3) is 0 Å². The summed E-state index contributed by atoms with van der Waals surface area (Å²) < 4.78 is 0. The summed E-state index contributed by atoms with van der Waals surface area (Å²) in [6, 6.07) is 1.56. The molecule has 0 aromatic heterocycles. The van der Waals surface area contributed by atoms with E-state index >= 15 is 0 Å². The van der Waals surface area contributed by atoms with Gasteiger partial charge >= 0.3 is 0 Å². The first-order valence-electron chi connectivity index (χ1n) is 7.84. The van der Waals surface area contributed by atoms with Crippen molar-refractivity contribution in [1.29, 1.82) is 0 Å². The smallest absolute Gasteiger partial charge is 0.00697 e. The van der Waals surface area contributed by atoms with Crippen LogP contribution >= 0.6 is 0 Å². The van der Waals surface area contributed by atoms with Crippen LogP contribution in [0.1, 0.15) is 70.6 Å². The fraction of sp³-hybridized carbons (Fsp3) is 0.765. The van der Waals surface area contributed by atoms with Gasteiger partial charge in [0.15, 0.2) is 0 Å². The molecule has 1 aliphatic heterocycles. The number of allylic oxidation sites excluding steroid dienone is 2. The largest absolute Gasteiger partial charge is 0.311 e. The van der Waals surface area contributed by atoms with Gasteiger partial charge < -0.3 is 5.32 Å². The Labute approximate surface area is 114 Å². The minimum Gasteiger partial charge on any atom is -0.311 e. The minimum absolute atomic E-state index is 0.775. The average Bonchev–Trinajstić information content (AvgIpc) is 2.39. The van der Waals surface area contributed by atoms with Crippen molar-refractivity contribution in [3.05, 3.63) is 25.3 Å². The highest BCUT2D eigenvalue weighted by Crippen LogP contribution is 2.20. The van der Waals surface area contributed by atoms with Crippen LogP contribution in [0.2, 0.25) is 0 Å². The number of rotatable bonds is 10. The number of unbranched alkanes of at least 4 members (excludes halogenated alkanes) is 4. The van der Waals surface area contributed by atoms with E-state index in [1.54, 1.807) is 0 Å². The van der Waals surface area contributed by atoms with E-state index in [0.29, 0.717) is 0 Å². The van der Waals surface area contributed by atoms with Crippen molar-refractivity contribution in [2.45, 2.75) is 82.7 Å². The second kappa shape index (κ2) is 10.4. The van der Waals surface area contributed by atoms with E-state index in [2.05, 4.69) is 18.5 Å². The molecule has 104 valence electrons. The molecular formula is C17H31N. The van der Waals surface area contributed by atoms with Crippen LogP contribution in [0, 0.1) is 0 Å². The van der Waals surface area contributed by atoms with Gasteiger partial charge in [0.2, 0.25) is 0 Å². The van der Waals surface area contributed by atoms with Crippen molar-refractivity contribution < 1.29 is 0 Å². The van der Waals surface area contributed by atoms with Gasteiger partial charge in [-0.1, -0.05) is 31.4 Å². The zero-order chi connectivity index (χ0) is 13.1. The third-order valence-corrected chi connectivity index (χ3v) is 4.00. The highest BCUT2D eigenvalue weighted by atomic mass is 15.0. The predicted molar refractivity (Wildman–Crippen MR) is 81.9 cm³/mol. The summed E-state index contributed by atoms with van der Waals surface area (Å²) in [4.78, 5) is 0. The van der Waals surface area contributed by atoms with Crippen molar-refractivity contribution in [2.75, 3.05) is 0 Å². The van der Waals surface area contributed by atoms with E-state index in [9.17, 15) is 0 Å².